The van der Waals surface area contributed by atoms with Crippen molar-refractivity contribution in [3.05, 3.63) is 36.7 Å². The van der Waals surface area contributed by atoms with E-state index >= 15 is 0 Å². The highest BCUT2D eigenvalue weighted by Crippen LogP contribution is 2.21. The number of likely N-dealkylation sites (tertiary alicyclic amines) is 1. The van der Waals surface area contributed by atoms with Gasteiger partial charge in [-0.2, -0.15) is 0 Å². The zero-order chi connectivity index (χ0) is 20.6. The van der Waals surface area contributed by atoms with Gasteiger partial charge in [0.1, 0.15) is 18.0 Å². The molecule has 1 saturated heterocycles. The van der Waals surface area contributed by atoms with Gasteiger partial charge in [-0.05, 0) is 38.0 Å². The van der Waals surface area contributed by atoms with Gasteiger partial charge in [-0.3, -0.25) is 4.79 Å². The summed E-state index contributed by atoms with van der Waals surface area (Å²) in [4.78, 5) is 33.3. The first-order chi connectivity index (χ1) is 14.0. The molecule has 0 bridgehead atoms. The van der Waals surface area contributed by atoms with Crippen molar-refractivity contribution in [3.8, 4) is 0 Å². The number of rotatable bonds is 6. The van der Waals surface area contributed by atoms with E-state index in [1.165, 1.54) is 13.3 Å². The van der Waals surface area contributed by atoms with Gasteiger partial charge in [0.25, 0.3) is 0 Å². The third-order valence-electron chi connectivity index (χ3n) is 4.50. The predicted molar refractivity (Wildman–Crippen MR) is 111 cm³/mol. The predicted octanol–water partition coefficient (Wildman–Crippen LogP) is 3.21. The standard InChI is InChI=1S/C20H26N6O3/c1-3-29-20(28)26-9-7-15(8-10-26)24-18-12-19(22-13-21-18)25-17-6-4-5-16(11-17)23-14(2)27/h4-6,11-13,15H,3,7-10H2,1-2H3,(H,23,27)(H2,21,22,24,25). The van der Waals surface area contributed by atoms with E-state index in [2.05, 4.69) is 25.9 Å². The lowest BCUT2D eigenvalue weighted by Gasteiger charge is -2.31. The summed E-state index contributed by atoms with van der Waals surface area (Å²) in [5.74, 6) is 1.24. The average molecular weight is 398 g/mol. The number of anilines is 4. The number of aromatic nitrogens is 2. The molecule has 0 aliphatic carbocycles. The van der Waals surface area contributed by atoms with E-state index in [0.717, 1.165) is 24.3 Å². The Morgan fingerprint density at radius 1 is 1.14 bits per heavy atom. The zero-order valence-electron chi connectivity index (χ0n) is 16.6. The van der Waals surface area contributed by atoms with Gasteiger partial charge < -0.3 is 25.6 Å². The second kappa shape index (κ2) is 9.72. The Bertz CT molecular complexity index is 852. The van der Waals surface area contributed by atoms with Crippen LogP contribution >= 0.6 is 0 Å². The largest absolute Gasteiger partial charge is 0.450 e. The maximum absolute atomic E-state index is 11.8. The molecule has 0 spiro atoms. The third kappa shape index (κ3) is 6.06. The van der Waals surface area contributed by atoms with Crippen LogP contribution in [0.2, 0.25) is 0 Å². The van der Waals surface area contributed by atoms with E-state index in [4.69, 9.17) is 4.74 Å². The molecule has 2 amide bonds. The van der Waals surface area contributed by atoms with Gasteiger partial charge in [-0.15, -0.1) is 0 Å². The number of hydrogen-bond donors (Lipinski definition) is 3. The molecule has 9 heteroatoms. The van der Waals surface area contributed by atoms with E-state index in [1.807, 2.05) is 37.3 Å². The highest BCUT2D eigenvalue weighted by atomic mass is 16.6. The molecule has 3 N–H and O–H groups in total. The minimum atomic E-state index is -0.249. The van der Waals surface area contributed by atoms with Crippen molar-refractivity contribution in [1.29, 1.82) is 0 Å². The molecular weight excluding hydrogens is 372 g/mol. The Labute approximate surface area is 169 Å². The fourth-order valence-corrected chi connectivity index (χ4v) is 3.16. The lowest BCUT2D eigenvalue weighted by atomic mass is 10.1. The summed E-state index contributed by atoms with van der Waals surface area (Å²) in [5.41, 5.74) is 1.52. The molecule has 1 aliphatic heterocycles. The first-order valence-corrected chi connectivity index (χ1v) is 9.68. The number of carbonyl (C=O) groups excluding carboxylic acids is 2. The molecule has 2 heterocycles. The number of amides is 2. The molecule has 0 atom stereocenters. The van der Waals surface area contributed by atoms with Gasteiger partial charge in [0.05, 0.1) is 6.61 Å². The topological polar surface area (TPSA) is 108 Å². The second-order valence-electron chi connectivity index (χ2n) is 6.78. The van der Waals surface area contributed by atoms with E-state index in [0.29, 0.717) is 31.2 Å². The van der Waals surface area contributed by atoms with Crippen LogP contribution in [-0.4, -0.2) is 52.6 Å². The molecule has 0 radical (unpaired) electrons. The average Bonchev–Trinajstić information content (AvgIpc) is 2.69. The molecule has 1 aromatic heterocycles. The summed E-state index contributed by atoms with van der Waals surface area (Å²) in [5, 5.41) is 9.38. The first kappa shape index (κ1) is 20.4. The van der Waals surface area contributed by atoms with Gasteiger partial charge in [0, 0.05) is 43.5 Å². The molecule has 1 fully saturated rings. The first-order valence-electron chi connectivity index (χ1n) is 9.68. The molecular formula is C20H26N6O3. The monoisotopic (exact) mass is 398 g/mol. The van der Waals surface area contributed by atoms with E-state index in [9.17, 15) is 9.59 Å². The Morgan fingerprint density at radius 3 is 2.59 bits per heavy atom. The van der Waals surface area contributed by atoms with Crippen molar-refractivity contribution in [2.75, 3.05) is 35.6 Å². The van der Waals surface area contributed by atoms with Crippen LogP contribution in [0.3, 0.4) is 0 Å². The smallest absolute Gasteiger partial charge is 0.409 e. The number of carbonyl (C=O) groups is 2. The number of nitrogens with one attached hydrogen (secondary N) is 3. The van der Waals surface area contributed by atoms with Crippen molar-refractivity contribution in [2.24, 2.45) is 0 Å². The lowest BCUT2D eigenvalue weighted by Crippen LogP contribution is -2.42. The highest BCUT2D eigenvalue weighted by molar-refractivity contribution is 5.89. The maximum Gasteiger partial charge on any atom is 0.409 e. The number of hydrogen-bond acceptors (Lipinski definition) is 7. The van der Waals surface area contributed by atoms with Crippen LogP contribution in [0.15, 0.2) is 36.7 Å². The summed E-state index contributed by atoms with van der Waals surface area (Å²) in [7, 11) is 0. The fourth-order valence-electron chi connectivity index (χ4n) is 3.16. The van der Waals surface area contributed by atoms with E-state index in [-0.39, 0.29) is 18.0 Å². The molecule has 3 rings (SSSR count). The number of piperidine rings is 1. The molecule has 1 aliphatic rings. The van der Waals surface area contributed by atoms with Gasteiger partial charge in [0.2, 0.25) is 5.91 Å². The minimum absolute atomic E-state index is 0.121. The summed E-state index contributed by atoms with van der Waals surface area (Å²) in [6, 6.07) is 9.47. The van der Waals surface area contributed by atoms with Crippen LogP contribution in [-0.2, 0) is 9.53 Å². The number of nitrogens with zero attached hydrogens (tertiary/aromatic N) is 3. The number of benzene rings is 1. The third-order valence-corrected chi connectivity index (χ3v) is 4.50. The molecule has 154 valence electrons. The number of ether oxygens (including phenoxy) is 1. The van der Waals surface area contributed by atoms with Gasteiger partial charge >= 0.3 is 6.09 Å². The summed E-state index contributed by atoms with van der Waals surface area (Å²) in [6.07, 6.45) is 2.89. The molecule has 29 heavy (non-hydrogen) atoms. The highest BCUT2D eigenvalue weighted by Gasteiger charge is 2.23. The van der Waals surface area contributed by atoms with Crippen LogP contribution in [0.5, 0.6) is 0 Å². The SMILES string of the molecule is CCOC(=O)N1CCC(Nc2cc(Nc3cccc(NC(C)=O)c3)ncn2)CC1. The van der Waals surface area contributed by atoms with Gasteiger partial charge in [-0.1, -0.05) is 6.07 Å². The van der Waals surface area contributed by atoms with Crippen LogP contribution in [0.4, 0.5) is 27.8 Å². The maximum atomic E-state index is 11.8. The van der Waals surface area contributed by atoms with E-state index < -0.39 is 0 Å². The summed E-state index contributed by atoms with van der Waals surface area (Å²) >= 11 is 0. The van der Waals surface area contributed by atoms with E-state index in [1.54, 1.807) is 4.90 Å². The summed E-state index contributed by atoms with van der Waals surface area (Å²) in [6.45, 7) is 4.98. The lowest BCUT2D eigenvalue weighted by molar-refractivity contribution is -0.114. The zero-order valence-corrected chi connectivity index (χ0v) is 16.6. The molecule has 0 saturated carbocycles. The summed E-state index contributed by atoms with van der Waals surface area (Å²) < 4.78 is 5.05. The van der Waals surface area contributed by atoms with Crippen LogP contribution in [0.25, 0.3) is 0 Å². The molecule has 2 aromatic rings. The quantitative estimate of drug-likeness (QED) is 0.685. The Kier molecular flexibility index (Phi) is 6.83. The van der Waals surface area contributed by atoms with Gasteiger partial charge in [0.15, 0.2) is 0 Å². The normalized spacial score (nSPS) is 14.2. The molecule has 1 aromatic carbocycles. The van der Waals surface area contributed by atoms with Crippen molar-refractivity contribution in [3.63, 3.8) is 0 Å². The molecule has 0 unspecified atom stereocenters. The minimum Gasteiger partial charge on any atom is -0.450 e. The fraction of sp³-hybridized carbons (Fsp3) is 0.400. The van der Waals surface area contributed by atoms with Crippen molar-refractivity contribution >= 4 is 35.0 Å². The second-order valence-corrected chi connectivity index (χ2v) is 6.78. The van der Waals surface area contributed by atoms with Crippen molar-refractivity contribution < 1.29 is 14.3 Å². The molecule has 9 nitrogen and oxygen atoms in total. The Morgan fingerprint density at radius 2 is 1.86 bits per heavy atom. The van der Waals surface area contributed by atoms with Crippen molar-refractivity contribution in [2.45, 2.75) is 32.7 Å². The van der Waals surface area contributed by atoms with Crippen LogP contribution in [0.1, 0.15) is 26.7 Å². The van der Waals surface area contributed by atoms with Crippen LogP contribution in [0, 0.1) is 0 Å². The Balaban J connectivity index is 1.56. The Hall–Kier alpha value is -3.36. The van der Waals surface area contributed by atoms with Gasteiger partial charge in [-0.25, -0.2) is 14.8 Å². The van der Waals surface area contributed by atoms with Crippen LogP contribution < -0.4 is 16.0 Å². The van der Waals surface area contributed by atoms with Crippen molar-refractivity contribution in [1.82, 2.24) is 14.9 Å².